The third kappa shape index (κ3) is 2.07. The number of hydrogen-bond donors (Lipinski definition) is 0. The summed E-state index contributed by atoms with van der Waals surface area (Å²) < 4.78 is 15.2. The zero-order valence-corrected chi connectivity index (χ0v) is 11.7. The van der Waals surface area contributed by atoms with Crippen molar-refractivity contribution in [2.45, 2.75) is 0 Å². The van der Waals surface area contributed by atoms with E-state index in [2.05, 4.69) is 6.07 Å². The number of rotatable bonds is 2. The van der Waals surface area contributed by atoms with Gasteiger partial charge in [0.2, 0.25) is 0 Å². The molecular formula is C19H12FN2. The highest BCUT2D eigenvalue weighted by Gasteiger charge is 2.15. The molecule has 0 atom stereocenters. The van der Waals surface area contributed by atoms with Crippen molar-refractivity contribution < 1.29 is 4.39 Å². The van der Waals surface area contributed by atoms with E-state index in [4.69, 9.17) is 4.98 Å². The first-order chi connectivity index (χ1) is 10.8. The maximum atomic E-state index is 13.2. The molecule has 0 amide bonds. The average Bonchev–Trinajstić information content (AvgIpc) is 2.96. The topological polar surface area (TPSA) is 17.3 Å². The molecule has 2 aromatic heterocycles. The molecule has 0 saturated carbocycles. The number of benzene rings is 2. The van der Waals surface area contributed by atoms with Crippen LogP contribution in [0.5, 0.6) is 0 Å². The smallest absolute Gasteiger partial charge is 0.137 e. The lowest BCUT2D eigenvalue weighted by Gasteiger charge is -2.05. The van der Waals surface area contributed by atoms with Gasteiger partial charge in [-0.05, 0) is 42.5 Å². The van der Waals surface area contributed by atoms with Crippen molar-refractivity contribution in [3.8, 4) is 22.5 Å². The molecule has 2 heterocycles. The Bertz CT molecular complexity index is 925. The number of halogens is 1. The van der Waals surface area contributed by atoms with Crippen LogP contribution in [0.2, 0.25) is 0 Å². The summed E-state index contributed by atoms with van der Waals surface area (Å²) in [7, 11) is 0. The maximum Gasteiger partial charge on any atom is 0.137 e. The van der Waals surface area contributed by atoms with Gasteiger partial charge in [-0.25, -0.2) is 9.37 Å². The monoisotopic (exact) mass is 287 g/mol. The lowest BCUT2D eigenvalue weighted by atomic mass is 10.0. The highest BCUT2D eigenvalue weighted by molar-refractivity contribution is 5.81. The number of aromatic nitrogens is 2. The summed E-state index contributed by atoms with van der Waals surface area (Å²) in [4.78, 5) is 4.71. The molecule has 22 heavy (non-hydrogen) atoms. The number of imidazole rings is 1. The molecule has 0 bridgehead atoms. The Morgan fingerprint density at radius 3 is 2.50 bits per heavy atom. The van der Waals surface area contributed by atoms with Crippen molar-refractivity contribution >= 4 is 5.65 Å². The third-order valence-electron chi connectivity index (χ3n) is 3.61. The standard InChI is InChI=1S/C19H12FN2/c20-16-11-9-14(10-12-16)18-19(15-6-2-1-3-7-15)22-13-5-4-8-17(22)21-18/h1-6,8-13H. The van der Waals surface area contributed by atoms with Crippen LogP contribution in [0.25, 0.3) is 28.2 Å². The Labute approximate surface area is 127 Å². The summed E-state index contributed by atoms with van der Waals surface area (Å²) in [5, 5.41) is 0. The van der Waals surface area contributed by atoms with Gasteiger partial charge in [0.15, 0.2) is 0 Å². The van der Waals surface area contributed by atoms with Crippen molar-refractivity contribution in [1.29, 1.82) is 0 Å². The van der Waals surface area contributed by atoms with E-state index in [0.29, 0.717) is 0 Å². The fourth-order valence-corrected chi connectivity index (χ4v) is 2.60. The Balaban J connectivity index is 2.04. The van der Waals surface area contributed by atoms with E-state index < -0.39 is 0 Å². The van der Waals surface area contributed by atoms with Gasteiger partial charge in [0, 0.05) is 17.3 Å². The predicted molar refractivity (Wildman–Crippen MR) is 84.9 cm³/mol. The molecule has 1 radical (unpaired) electrons. The third-order valence-corrected chi connectivity index (χ3v) is 3.61. The minimum absolute atomic E-state index is 0.250. The summed E-state index contributed by atoms with van der Waals surface area (Å²) in [5.74, 6) is -0.250. The summed E-state index contributed by atoms with van der Waals surface area (Å²) in [6, 6.07) is 23.3. The van der Waals surface area contributed by atoms with Crippen LogP contribution >= 0.6 is 0 Å². The second-order valence-corrected chi connectivity index (χ2v) is 5.02. The summed E-state index contributed by atoms with van der Waals surface area (Å²) in [6.07, 6.45) is 1.98. The van der Waals surface area contributed by atoms with Gasteiger partial charge in [0.25, 0.3) is 0 Å². The minimum atomic E-state index is -0.250. The number of fused-ring (bicyclic) bond motifs is 1. The van der Waals surface area contributed by atoms with Crippen LogP contribution in [0.3, 0.4) is 0 Å². The minimum Gasteiger partial charge on any atom is -0.299 e. The molecule has 0 saturated heterocycles. The molecule has 4 rings (SSSR count). The van der Waals surface area contributed by atoms with Crippen molar-refractivity contribution in [3.63, 3.8) is 0 Å². The van der Waals surface area contributed by atoms with Crippen LogP contribution < -0.4 is 0 Å². The second kappa shape index (κ2) is 5.11. The lowest BCUT2D eigenvalue weighted by molar-refractivity contribution is 0.628. The summed E-state index contributed by atoms with van der Waals surface area (Å²) >= 11 is 0. The van der Waals surface area contributed by atoms with Gasteiger partial charge >= 0.3 is 0 Å². The van der Waals surface area contributed by atoms with Crippen molar-refractivity contribution in [1.82, 2.24) is 9.38 Å². The van der Waals surface area contributed by atoms with Crippen LogP contribution in [0.4, 0.5) is 4.39 Å². The quantitative estimate of drug-likeness (QED) is 0.526. The van der Waals surface area contributed by atoms with Crippen LogP contribution in [-0.4, -0.2) is 9.38 Å². The highest BCUT2D eigenvalue weighted by atomic mass is 19.1. The van der Waals surface area contributed by atoms with Gasteiger partial charge in [-0.15, -0.1) is 0 Å². The number of nitrogens with zero attached hydrogens (tertiary/aromatic N) is 2. The second-order valence-electron chi connectivity index (χ2n) is 5.02. The van der Waals surface area contributed by atoms with Crippen LogP contribution in [0.15, 0.2) is 72.9 Å². The summed E-state index contributed by atoms with van der Waals surface area (Å²) in [6.45, 7) is 0. The van der Waals surface area contributed by atoms with Gasteiger partial charge in [-0.2, -0.15) is 0 Å². The molecule has 0 aliphatic heterocycles. The van der Waals surface area contributed by atoms with E-state index in [0.717, 1.165) is 28.2 Å². The van der Waals surface area contributed by atoms with E-state index in [1.54, 1.807) is 12.1 Å². The van der Waals surface area contributed by atoms with Crippen molar-refractivity contribution in [2.24, 2.45) is 0 Å². The van der Waals surface area contributed by atoms with E-state index in [1.165, 1.54) is 12.1 Å². The molecule has 2 nitrogen and oxygen atoms in total. The molecule has 3 heteroatoms. The van der Waals surface area contributed by atoms with Gasteiger partial charge in [-0.3, -0.25) is 4.40 Å². The van der Waals surface area contributed by atoms with Crippen LogP contribution in [0, 0.1) is 11.9 Å². The van der Waals surface area contributed by atoms with Gasteiger partial charge in [-0.1, -0.05) is 30.3 Å². The maximum absolute atomic E-state index is 13.2. The normalized spacial score (nSPS) is 11.0. The Morgan fingerprint density at radius 1 is 0.909 bits per heavy atom. The molecule has 0 aliphatic rings. The lowest BCUT2D eigenvalue weighted by Crippen LogP contribution is -1.89. The molecule has 0 unspecified atom stereocenters. The van der Waals surface area contributed by atoms with Gasteiger partial charge < -0.3 is 0 Å². The zero-order valence-electron chi connectivity index (χ0n) is 11.7. The van der Waals surface area contributed by atoms with Gasteiger partial charge in [0.1, 0.15) is 11.5 Å². The van der Waals surface area contributed by atoms with E-state index in [1.807, 2.05) is 53.1 Å². The fraction of sp³-hybridized carbons (Fsp3) is 0. The van der Waals surface area contributed by atoms with Gasteiger partial charge in [0.05, 0.1) is 11.4 Å². The first-order valence-corrected chi connectivity index (χ1v) is 7.03. The van der Waals surface area contributed by atoms with Crippen LogP contribution in [0.1, 0.15) is 0 Å². The SMILES string of the molecule is Fc1ccc(-c2nc3ccccn3c2-c2[c]cccc2)cc1. The molecule has 0 fully saturated rings. The average molecular weight is 287 g/mol. The first-order valence-electron chi connectivity index (χ1n) is 7.03. The van der Waals surface area contributed by atoms with E-state index >= 15 is 0 Å². The molecule has 0 N–H and O–H groups in total. The molecule has 105 valence electrons. The molecular weight excluding hydrogens is 275 g/mol. The first kappa shape index (κ1) is 12.8. The Kier molecular flexibility index (Phi) is 2.97. The highest BCUT2D eigenvalue weighted by Crippen LogP contribution is 2.32. The van der Waals surface area contributed by atoms with Crippen LogP contribution in [-0.2, 0) is 0 Å². The van der Waals surface area contributed by atoms with E-state index in [9.17, 15) is 4.39 Å². The molecule has 2 aromatic carbocycles. The van der Waals surface area contributed by atoms with Crippen molar-refractivity contribution in [3.05, 3.63) is 84.8 Å². The predicted octanol–water partition coefficient (Wildman–Crippen LogP) is 4.61. The zero-order chi connectivity index (χ0) is 14.9. The fourth-order valence-electron chi connectivity index (χ4n) is 2.60. The van der Waals surface area contributed by atoms with Crippen molar-refractivity contribution in [2.75, 3.05) is 0 Å². The molecule has 4 aromatic rings. The number of pyridine rings is 1. The largest absolute Gasteiger partial charge is 0.299 e. The molecule has 0 spiro atoms. The van der Waals surface area contributed by atoms with E-state index in [-0.39, 0.29) is 5.82 Å². The molecule has 0 aliphatic carbocycles. The Hall–Kier alpha value is -2.94. The summed E-state index contributed by atoms with van der Waals surface area (Å²) in [5.41, 5.74) is 4.49. The Morgan fingerprint density at radius 2 is 1.73 bits per heavy atom. The number of hydrogen-bond acceptors (Lipinski definition) is 1.